The number of hydrogen-bond acceptors (Lipinski definition) is 2. The average Bonchev–Trinajstić information content (AvgIpc) is 2.94. The van der Waals surface area contributed by atoms with E-state index in [2.05, 4.69) is 5.32 Å². The Balaban J connectivity index is 1.65. The first-order valence-electron chi connectivity index (χ1n) is 7.49. The van der Waals surface area contributed by atoms with Gasteiger partial charge in [-0.1, -0.05) is 42.5 Å². The standard InChI is InChI=1S/C17H19Cl2NO/c18-13-8-12(9-14(19)10-13)17-7-6-16(21-17)11-20-15-4-2-1-3-5-15/h6-10,15,20H,1-5,11H2. The summed E-state index contributed by atoms with van der Waals surface area (Å²) in [6.45, 7) is 0.777. The van der Waals surface area contributed by atoms with E-state index >= 15 is 0 Å². The van der Waals surface area contributed by atoms with Crippen molar-refractivity contribution in [1.29, 1.82) is 0 Å². The van der Waals surface area contributed by atoms with Gasteiger partial charge in [0.1, 0.15) is 11.5 Å². The van der Waals surface area contributed by atoms with Crippen molar-refractivity contribution in [3.63, 3.8) is 0 Å². The van der Waals surface area contributed by atoms with Gasteiger partial charge in [0.15, 0.2) is 0 Å². The van der Waals surface area contributed by atoms with Crippen molar-refractivity contribution in [3.8, 4) is 11.3 Å². The quantitative estimate of drug-likeness (QED) is 0.783. The number of benzene rings is 1. The Morgan fingerprint density at radius 1 is 1.00 bits per heavy atom. The molecule has 2 nitrogen and oxygen atoms in total. The maximum absolute atomic E-state index is 6.03. The van der Waals surface area contributed by atoms with E-state index in [1.165, 1.54) is 32.1 Å². The molecule has 0 spiro atoms. The van der Waals surface area contributed by atoms with Gasteiger partial charge in [0.2, 0.25) is 0 Å². The van der Waals surface area contributed by atoms with Crippen LogP contribution in [-0.2, 0) is 6.54 Å². The Bertz CT molecular complexity index is 582. The van der Waals surface area contributed by atoms with Crippen LogP contribution in [-0.4, -0.2) is 6.04 Å². The van der Waals surface area contributed by atoms with Crippen molar-refractivity contribution < 1.29 is 4.42 Å². The maximum atomic E-state index is 6.03. The molecule has 3 rings (SSSR count). The average molecular weight is 324 g/mol. The largest absolute Gasteiger partial charge is 0.460 e. The SMILES string of the molecule is Clc1cc(Cl)cc(-c2ccc(CNC3CCCCC3)o2)c1. The summed E-state index contributed by atoms with van der Waals surface area (Å²) in [7, 11) is 0. The number of rotatable bonds is 4. The van der Waals surface area contributed by atoms with E-state index in [4.69, 9.17) is 27.6 Å². The third-order valence-corrected chi connectivity index (χ3v) is 4.42. The van der Waals surface area contributed by atoms with Gasteiger partial charge in [-0.25, -0.2) is 0 Å². The van der Waals surface area contributed by atoms with Gasteiger partial charge in [-0.3, -0.25) is 0 Å². The normalized spacial score (nSPS) is 16.3. The first-order valence-corrected chi connectivity index (χ1v) is 8.25. The Morgan fingerprint density at radius 3 is 2.43 bits per heavy atom. The molecule has 0 bridgehead atoms. The van der Waals surface area contributed by atoms with Crippen LogP contribution >= 0.6 is 23.2 Å². The molecule has 1 saturated carbocycles. The summed E-state index contributed by atoms with van der Waals surface area (Å²) in [6.07, 6.45) is 6.59. The van der Waals surface area contributed by atoms with E-state index in [0.717, 1.165) is 23.6 Å². The molecular formula is C17H19Cl2NO. The Labute approximate surface area is 135 Å². The summed E-state index contributed by atoms with van der Waals surface area (Å²) >= 11 is 12.1. The molecular weight excluding hydrogens is 305 g/mol. The molecule has 2 aromatic rings. The molecule has 112 valence electrons. The zero-order chi connectivity index (χ0) is 14.7. The van der Waals surface area contributed by atoms with E-state index < -0.39 is 0 Å². The molecule has 1 aliphatic carbocycles. The van der Waals surface area contributed by atoms with Gasteiger partial charge < -0.3 is 9.73 Å². The Kier molecular flexibility index (Phi) is 4.89. The fourth-order valence-electron chi connectivity index (χ4n) is 2.88. The highest BCUT2D eigenvalue weighted by atomic mass is 35.5. The molecule has 1 aromatic carbocycles. The lowest BCUT2D eigenvalue weighted by Crippen LogP contribution is -2.30. The van der Waals surface area contributed by atoms with Crippen LogP contribution in [0, 0.1) is 0 Å². The van der Waals surface area contributed by atoms with Gasteiger partial charge in [0.05, 0.1) is 6.54 Å². The molecule has 1 heterocycles. The zero-order valence-electron chi connectivity index (χ0n) is 11.9. The highest BCUT2D eigenvalue weighted by Gasteiger charge is 2.13. The third kappa shape index (κ3) is 4.03. The van der Waals surface area contributed by atoms with Gasteiger partial charge in [-0.15, -0.1) is 0 Å². The lowest BCUT2D eigenvalue weighted by molar-refractivity contribution is 0.358. The minimum Gasteiger partial charge on any atom is -0.460 e. The number of halogens is 2. The molecule has 0 amide bonds. The smallest absolute Gasteiger partial charge is 0.134 e. The number of furan rings is 1. The number of nitrogens with one attached hydrogen (secondary N) is 1. The predicted molar refractivity (Wildman–Crippen MR) is 87.9 cm³/mol. The molecule has 1 N–H and O–H groups in total. The lowest BCUT2D eigenvalue weighted by atomic mass is 9.95. The van der Waals surface area contributed by atoms with Gasteiger partial charge in [-0.2, -0.15) is 0 Å². The molecule has 0 unspecified atom stereocenters. The summed E-state index contributed by atoms with van der Waals surface area (Å²) < 4.78 is 5.89. The third-order valence-electron chi connectivity index (χ3n) is 3.98. The predicted octanol–water partition coefficient (Wildman–Crippen LogP) is 5.68. The van der Waals surface area contributed by atoms with Crippen LogP contribution in [0.2, 0.25) is 10.0 Å². The summed E-state index contributed by atoms with van der Waals surface area (Å²) in [6, 6.07) is 10.1. The van der Waals surface area contributed by atoms with Crippen molar-refractivity contribution >= 4 is 23.2 Å². The van der Waals surface area contributed by atoms with Gasteiger partial charge in [0, 0.05) is 21.7 Å². The Hall–Kier alpha value is -0.960. The summed E-state index contributed by atoms with van der Waals surface area (Å²) in [5.74, 6) is 1.76. The highest BCUT2D eigenvalue weighted by molar-refractivity contribution is 6.35. The summed E-state index contributed by atoms with van der Waals surface area (Å²) in [5, 5.41) is 4.82. The van der Waals surface area contributed by atoms with Gasteiger partial charge in [-0.05, 0) is 43.2 Å². The van der Waals surface area contributed by atoms with E-state index in [1.54, 1.807) is 6.07 Å². The first kappa shape index (κ1) is 15.0. The van der Waals surface area contributed by atoms with Gasteiger partial charge >= 0.3 is 0 Å². The molecule has 1 aromatic heterocycles. The number of hydrogen-bond donors (Lipinski definition) is 1. The van der Waals surface area contributed by atoms with Crippen molar-refractivity contribution in [1.82, 2.24) is 5.32 Å². The van der Waals surface area contributed by atoms with Crippen LogP contribution in [0.3, 0.4) is 0 Å². The van der Waals surface area contributed by atoms with Crippen molar-refractivity contribution in [2.75, 3.05) is 0 Å². The van der Waals surface area contributed by atoms with Crippen LogP contribution < -0.4 is 5.32 Å². The fraction of sp³-hybridized carbons (Fsp3) is 0.412. The van der Waals surface area contributed by atoms with Crippen molar-refractivity contribution in [3.05, 3.63) is 46.1 Å². The minimum atomic E-state index is 0.621. The second kappa shape index (κ2) is 6.87. The summed E-state index contributed by atoms with van der Waals surface area (Å²) in [5.41, 5.74) is 0.913. The molecule has 1 fully saturated rings. The molecule has 0 atom stereocenters. The monoisotopic (exact) mass is 323 g/mol. The summed E-state index contributed by atoms with van der Waals surface area (Å²) in [4.78, 5) is 0. The van der Waals surface area contributed by atoms with Crippen LogP contribution in [0.4, 0.5) is 0 Å². The highest BCUT2D eigenvalue weighted by Crippen LogP contribution is 2.28. The van der Waals surface area contributed by atoms with Crippen LogP contribution in [0.15, 0.2) is 34.7 Å². The molecule has 0 saturated heterocycles. The van der Waals surface area contributed by atoms with E-state index in [0.29, 0.717) is 16.1 Å². The van der Waals surface area contributed by atoms with Gasteiger partial charge in [0.25, 0.3) is 0 Å². The molecule has 1 aliphatic rings. The van der Waals surface area contributed by atoms with Crippen LogP contribution in [0.25, 0.3) is 11.3 Å². The Morgan fingerprint density at radius 2 is 1.71 bits per heavy atom. The van der Waals surface area contributed by atoms with Crippen molar-refractivity contribution in [2.24, 2.45) is 0 Å². The molecule has 21 heavy (non-hydrogen) atoms. The van der Waals surface area contributed by atoms with E-state index in [1.807, 2.05) is 24.3 Å². The molecule has 0 radical (unpaired) electrons. The lowest BCUT2D eigenvalue weighted by Gasteiger charge is -2.22. The second-order valence-electron chi connectivity index (χ2n) is 5.64. The molecule has 4 heteroatoms. The minimum absolute atomic E-state index is 0.621. The zero-order valence-corrected chi connectivity index (χ0v) is 13.4. The maximum Gasteiger partial charge on any atom is 0.134 e. The second-order valence-corrected chi connectivity index (χ2v) is 6.51. The topological polar surface area (TPSA) is 25.2 Å². The van der Waals surface area contributed by atoms with E-state index in [-0.39, 0.29) is 0 Å². The van der Waals surface area contributed by atoms with E-state index in [9.17, 15) is 0 Å². The van der Waals surface area contributed by atoms with Crippen molar-refractivity contribution in [2.45, 2.75) is 44.7 Å². The first-order chi connectivity index (χ1) is 10.2. The fourth-order valence-corrected chi connectivity index (χ4v) is 3.40. The van der Waals surface area contributed by atoms with Crippen LogP contribution in [0.1, 0.15) is 37.9 Å². The van der Waals surface area contributed by atoms with Crippen LogP contribution in [0.5, 0.6) is 0 Å². The molecule has 0 aliphatic heterocycles.